The van der Waals surface area contributed by atoms with Gasteiger partial charge in [0.05, 0.1) is 6.10 Å². The molecule has 7 nitrogen and oxygen atoms in total. The van der Waals surface area contributed by atoms with E-state index in [0.717, 1.165) is 33.6 Å². The quantitative estimate of drug-likeness (QED) is 0.397. The van der Waals surface area contributed by atoms with E-state index in [9.17, 15) is 19.8 Å². The summed E-state index contributed by atoms with van der Waals surface area (Å²) < 4.78 is 5.46. The van der Waals surface area contributed by atoms with E-state index in [2.05, 4.69) is 17.4 Å². The zero-order valence-corrected chi connectivity index (χ0v) is 18.8. The first-order valence-corrected chi connectivity index (χ1v) is 11.5. The van der Waals surface area contributed by atoms with Crippen molar-refractivity contribution >= 4 is 23.4 Å². The van der Waals surface area contributed by atoms with Crippen LogP contribution in [0, 0.1) is 6.92 Å². The van der Waals surface area contributed by atoms with Gasteiger partial charge < -0.3 is 25.4 Å². The summed E-state index contributed by atoms with van der Waals surface area (Å²) in [5, 5.41) is 32.4. The van der Waals surface area contributed by atoms with Crippen LogP contribution >= 0.6 is 11.3 Å². The first-order chi connectivity index (χ1) is 15.9. The number of aliphatic hydroxyl groups is 2. The fourth-order valence-electron chi connectivity index (χ4n) is 4.20. The fraction of sp³-hybridized carbons (Fsp3) is 0.280. The van der Waals surface area contributed by atoms with Gasteiger partial charge in [-0.3, -0.25) is 0 Å². The summed E-state index contributed by atoms with van der Waals surface area (Å²) in [4.78, 5) is 23.8. The number of rotatable bonds is 8. The summed E-state index contributed by atoms with van der Waals surface area (Å²) >= 11 is 0.933. The number of carboxylic acid groups (broad SMARTS) is 1. The molecule has 2 unspecified atom stereocenters. The van der Waals surface area contributed by atoms with Crippen LogP contribution in [0.1, 0.15) is 49.7 Å². The predicted molar refractivity (Wildman–Crippen MR) is 125 cm³/mol. The van der Waals surface area contributed by atoms with E-state index in [1.807, 2.05) is 36.4 Å². The summed E-state index contributed by atoms with van der Waals surface area (Å²) in [5.74, 6) is -1.12. The zero-order chi connectivity index (χ0) is 23.5. The molecule has 0 radical (unpaired) electrons. The fourth-order valence-corrected chi connectivity index (χ4v) is 5.26. The number of hydrogen-bond donors (Lipinski definition) is 4. The normalized spacial score (nSPS) is 14.3. The second kappa shape index (κ2) is 9.74. The number of nitrogens with one attached hydrogen (secondary N) is 1. The molecule has 1 amide bonds. The van der Waals surface area contributed by atoms with Crippen LogP contribution in [0.25, 0.3) is 11.1 Å². The number of carbonyl (C=O) groups is 2. The number of alkyl carbamates (subject to hydrolysis) is 1. The van der Waals surface area contributed by atoms with Gasteiger partial charge in [-0.25, -0.2) is 9.59 Å². The smallest absolute Gasteiger partial charge is 0.407 e. The van der Waals surface area contributed by atoms with E-state index in [4.69, 9.17) is 9.84 Å². The Balaban J connectivity index is 1.29. The molecule has 33 heavy (non-hydrogen) atoms. The average Bonchev–Trinajstić information content (AvgIpc) is 3.35. The minimum Gasteiger partial charge on any atom is -0.477 e. The Morgan fingerprint density at radius 3 is 2.24 bits per heavy atom. The van der Waals surface area contributed by atoms with Crippen molar-refractivity contribution in [3.8, 4) is 11.1 Å². The lowest BCUT2D eigenvalue weighted by Gasteiger charge is -2.18. The van der Waals surface area contributed by atoms with Crippen LogP contribution in [0.15, 0.2) is 54.6 Å². The second-order valence-corrected chi connectivity index (χ2v) is 9.10. The van der Waals surface area contributed by atoms with Crippen LogP contribution in [0.3, 0.4) is 0 Å². The van der Waals surface area contributed by atoms with Gasteiger partial charge in [-0.15, -0.1) is 11.3 Å². The molecule has 4 N–H and O–H groups in total. The minimum absolute atomic E-state index is 0.0409. The molecular weight excluding hydrogens is 442 g/mol. The predicted octanol–water partition coefficient (Wildman–Crippen LogP) is 4.08. The number of carboxylic acids is 1. The molecule has 0 saturated heterocycles. The van der Waals surface area contributed by atoms with Crippen molar-refractivity contribution in [3.63, 3.8) is 0 Å². The van der Waals surface area contributed by atoms with E-state index >= 15 is 0 Å². The number of thiophene rings is 1. The van der Waals surface area contributed by atoms with Gasteiger partial charge in [0, 0.05) is 17.3 Å². The molecule has 0 saturated carbocycles. The second-order valence-electron chi connectivity index (χ2n) is 8.02. The highest BCUT2D eigenvalue weighted by molar-refractivity contribution is 7.14. The standard InChI is InChI=1S/C25H25NO6S/c1-14-12-21(24(29)30)33-23(14)22(28)20(27)10-11-26-25(31)32-13-19-17-8-4-2-6-15(17)16-7-3-5-9-18(16)19/h2-9,12,19-20,22,27-28H,10-11,13H2,1H3,(H,26,31)(H,29,30). The number of carbonyl (C=O) groups excluding carboxylic acids is 1. The molecule has 172 valence electrons. The van der Waals surface area contributed by atoms with Crippen molar-refractivity contribution in [1.82, 2.24) is 5.32 Å². The van der Waals surface area contributed by atoms with Crippen LogP contribution in [-0.2, 0) is 4.74 Å². The lowest BCUT2D eigenvalue weighted by molar-refractivity contribution is 0.0154. The summed E-state index contributed by atoms with van der Waals surface area (Å²) in [6, 6.07) is 17.6. The Morgan fingerprint density at radius 1 is 1.06 bits per heavy atom. The Kier molecular flexibility index (Phi) is 6.78. The van der Waals surface area contributed by atoms with Gasteiger partial charge >= 0.3 is 12.1 Å². The molecule has 1 heterocycles. The van der Waals surface area contributed by atoms with Crippen LogP contribution in [0.2, 0.25) is 0 Å². The minimum atomic E-state index is -1.23. The number of hydrogen-bond acceptors (Lipinski definition) is 6. The average molecular weight is 468 g/mol. The highest BCUT2D eigenvalue weighted by Crippen LogP contribution is 2.44. The molecule has 1 aromatic heterocycles. The van der Waals surface area contributed by atoms with E-state index in [-0.39, 0.29) is 30.4 Å². The Labute approximate surface area is 195 Å². The van der Waals surface area contributed by atoms with Crippen molar-refractivity contribution in [3.05, 3.63) is 81.0 Å². The van der Waals surface area contributed by atoms with E-state index < -0.39 is 24.3 Å². The molecule has 8 heteroatoms. The largest absolute Gasteiger partial charge is 0.477 e. The Bertz CT molecular complexity index is 1130. The number of aromatic carboxylic acids is 1. The molecule has 4 rings (SSSR count). The van der Waals surface area contributed by atoms with Gasteiger partial charge in [0.15, 0.2) is 0 Å². The van der Waals surface area contributed by atoms with Gasteiger partial charge in [-0.1, -0.05) is 48.5 Å². The van der Waals surface area contributed by atoms with Crippen LogP contribution in [0.4, 0.5) is 4.79 Å². The van der Waals surface area contributed by atoms with E-state index in [0.29, 0.717) is 10.4 Å². The first-order valence-electron chi connectivity index (χ1n) is 10.7. The van der Waals surface area contributed by atoms with Gasteiger partial charge in [0.2, 0.25) is 0 Å². The van der Waals surface area contributed by atoms with E-state index in [1.165, 1.54) is 6.07 Å². The maximum Gasteiger partial charge on any atom is 0.407 e. The summed E-state index contributed by atoms with van der Waals surface area (Å²) in [5.41, 5.74) is 5.14. The lowest BCUT2D eigenvalue weighted by Crippen LogP contribution is -2.30. The maximum absolute atomic E-state index is 12.2. The molecule has 2 aromatic carbocycles. The summed E-state index contributed by atoms with van der Waals surface area (Å²) in [6.07, 6.45) is -2.89. The number of aliphatic hydroxyl groups excluding tert-OH is 2. The number of amides is 1. The third-order valence-electron chi connectivity index (χ3n) is 5.85. The SMILES string of the molecule is Cc1cc(C(=O)O)sc1C(O)C(O)CCNC(=O)OCC1c2ccccc2-c2ccccc21. The Morgan fingerprint density at radius 2 is 1.67 bits per heavy atom. The molecule has 1 aliphatic carbocycles. The molecule has 0 fully saturated rings. The summed E-state index contributed by atoms with van der Waals surface area (Å²) in [7, 11) is 0. The number of ether oxygens (including phenoxy) is 1. The highest BCUT2D eigenvalue weighted by Gasteiger charge is 2.29. The molecule has 1 aliphatic rings. The molecule has 2 atom stereocenters. The van der Waals surface area contributed by atoms with E-state index in [1.54, 1.807) is 6.92 Å². The van der Waals surface area contributed by atoms with Gasteiger partial charge in [0.25, 0.3) is 0 Å². The van der Waals surface area contributed by atoms with Crippen molar-refractivity contribution in [2.24, 2.45) is 0 Å². The first kappa shape index (κ1) is 23.0. The number of aryl methyl sites for hydroxylation is 1. The topological polar surface area (TPSA) is 116 Å². The Hall–Kier alpha value is -3.20. The van der Waals surface area contributed by atoms with Crippen LogP contribution < -0.4 is 5.32 Å². The molecule has 0 spiro atoms. The number of fused-ring (bicyclic) bond motifs is 3. The highest BCUT2D eigenvalue weighted by atomic mass is 32.1. The summed E-state index contributed by atoms with van der Waals surface area (Å²) in [6.45, 7) is 1.98. The zero-order valence-electron chi connectivity index (χ0n) is 18.0. The monoisotopic (exact) mass is 467 g/mol. The molecular formula is C25H25NO6S. The third-order valence-corrected chi connectivity index (χ3v) is 7.15. The number of benzene rings is 2. The van der Waals surface area contributed by atoms with Gasteiger partial charge in [-0.2, -0.15) is 0 Å². The molecule has 3 aromatic rings. The lowest BCUT2D eigenvalue weighted by atomic mass is 9.98. The van der Waals surface area contributed by atoms with Crippen molar-refractivity contribution in [1.29, 1.82) is 0 Å². The molecule has 0 aliphatic heterocycles. The van der Waals surface area contributed by atoms with Crippen molar-refractivity contribution < 1.29 is 29.6 Å². The maximum atomic E-state index is 12.2. The van der Waals surface area contributed by atoms with Gasteiger partial charge in [-0.05, 0) is 47.2 Å². The van der Waals surface area contributed by atoms with Crippen molar-refractivity contribution in [2.45, 2.75) is 31.5 Å². The van der Waals surface area contributed by atoms with Gasteiger partial charge in [0.1, 0.15) is 17.6 Å². The van der Waals surface area contributed by atoms with Crippen LogP contribution in [0.5, 0.6) is 0 Å². The van der Waals surface area contributed by atoms with Crippen LogP contribution in [-0.4, -0.2) is 46.6 Å². The molecule has 0 bridgehead atoms. The third kappa shape index (κ3) is 4.78. The van der Waals surface area contributed by atoms with Crippen molar-refractivity contribution in [2.75, 3.05) is 13.2 Å².